The molecule has 16 heavy (non-hydrogen) atoms. The number of alkyl halides is 3. The maximum atomic E-state index is 12.1. The third-order valence-corrected chi connectivity index (χ3v) is 2.40. The lowest BCUT2D eigenvalue weighted by Crippen LogP contribution is -2.18. The second kappa shape index (κ2) is 5.34. The third kappa shape index (κ3) is 3.84. The van der Waals surface area contributed by atoms with Gasteiger partial charge < -0.3 is 9.47 Å². The van der Waals surface area contributed by atoms with Crippen molar-refractivity contribution in [1.82, 2.24) is 0 Å². The average molecular weight is 252 g/mol. The van der Waals surface area contributed by atoms with E-state index < -0.39 is 6.36 Å². The molecule has 0 aliphatic carbocycles. The van der Waals surface area contributed by atoms with Crippen molar-refractivity contribution in [3.8, 4) is 11.5 Å². The summed E-state index contributed by atoms with van der Waals surface area (Å²) < 4.78 is 45.2. The van der Waals surface area contributed by atoms with E-state index in [-0.39, 0.29) is 5.75 Å². The van der Waals surface area contributed by atoms with Gasteiger partial charge in [0.15, 0.2) is 0 Å². The summed E-state index contributed by atoms with van der Waals surface area (Å²) in [5.74, 6) is 0.584. The summed E-state index contributed by atoms with van der Waals surface area (Å²) in [7, 11) is 1.39. The first kappa shape index (κ1) is 13.0. The van der Waals surface area contributed by atoms with E-state index in [1.807, 2.05) is 6.26 Å². The number of halogens is 3. The van der Waals surface area contributed by atoms with Gasteiger partial charge in [0, 0.05) is 17.4 Å². The van der Waals surface area contributed by atoms with Crippen molar-refractivity contribution < 1.29 is 22.6 Å². The lowest BCUT2D eigenvalue weighted by molar-refractivity contribution is -0.274. The number of benzene rings is 1. The zero-order valence-electron chi connectivity index (χ0n) is 8.80. The van der Waals surface area contributed by atoms with Crippen molar-refractivity contribution in [2.24, 2.45) is 0 Å². The largest absolute Gasteiger partial charge is 0.573 e. The van der Waals surface area contributed by atoms with Gasteiger partial charge in [-0.2, -0.15) is 11.8 Å². The lowest BCUT2D eigenvalue weighted by atomic mass is 10.2. The first-order valence-corrected chi connectivity index (χ1v) is 5.77. The fraction of sp³-hybridized carbons (Fsp3) is 0.400. The molecule has 0 fully saturated rings. The van der Waals surface area contributed by atoms with Crippen molar-refractivity contribution >= 4 is 11.8 Å². The number of hydrogen-bond acceptors (Lipinski definition) is 3. The number of methoxy groups -OCH3 is 1. The second-order valence-corrected chi connectivity index (χ2v) is 3.82. The van der Waals surface area contributed by atoms with Crippen LogP contribution in [-0.2, 0) is 5.75 Å². The highest BCUT2D eigenvalue weighted by Crippen LogP contribution is 2.31. The van der Waals surface area contributed by atoms with E-state index in [0.29, 0.717) is 17.1 Å². The van der Waals surface area contributed by atoms with Crippen molar-refractivity contribution in [2.45, 2.75) is 12.1 Å². The normalized spacial score (nSPS) is 11.3. The molecule has 0 spiro atoms. The standard InChI is InChI=1S/C10H11F3O2S/c1-14-8-4-3-7(6-16-2)9(5-8)15-10(11,12)13/h3-5H,6H2,1-2H3. The molecule has 0 saturated carbocycles. The van der Waals surface area contributed by atoms with Gasteiger partial charge in [-0.15, -0.1) is 13.2 Å². The minimum atomic E-state index is -4.68. The molecule has 0 unspecified atom stereocenters. The van der Waals surface area contributed by atoms with E-state index >= 15 is 0 Å². The Kier molecular flexibility index (Phi) is 4.35. The molecule has 1 rings (SSSR count). The van der Waals surface area contributed by atoms with Crippen LogP contribution in [0.4, 0.5) is 13.2 Å². The highest BCUT2D eigenvalue weighted by molar-refractivity contribution is 7.97. The van der Waals surface area contributed by atoms with Gasteiger partial charge in [0.05, 0.1) is 7.11 Å². The Bertz CT molecular complexity index is 352. The quantitative estimate of drug-likeness (QED) is 0.817. The Hall–Kier alpha value is -1.04. The molecule has 0 amide bonds. The Morgan fingerprint density at radius 1 is 1.31 bits per heavy atom. The van der Waals surface area contributed by atoms with Gasteiger partial charge >= 0.3 is 6.36 Å². The van der Waals surface area contributed by atoms with Crippen LogP contribution in [0.25, 0.3) is 0 Å². The summed E-state index contributed by atoms with van der Waals surface area (Å²) in [6.07, 6.45) is -2.87. The van der Waals surface area contributed by atoms with Crippen LogP contribution in [0, 0.1) is 0 Å². The molecular formula is C10H11F3O2S. The van der Waals surface area contributed by atoms with Crippen LogP contribution in [0.3, 0.4) is 0 Å². The van der Waals surface area contributed by atoms with E-state index in [9.17, 15) is 13.2 Å². The van der Waals surface area contributed by atoms with Crippen LogP contribution in [0.5, 0.6) is 11.5 Å². The fourth-order valence-corrected chi connectivity index (χ4v) is 1.71. The van der Waals surface area contributed by atoms with Gasteiger partial charge in [0.2, 0.25) is 0 Å². The van der Waals surface area contributed by atoms with E-state index in [1.165, 1.54) is 24.9 Å². The van der Waals surface area contributed by atoms with Gasteiger partial charge in [-0.1, -0.05) is 6.07 Å². The Morgan fingerprint density at radius 3 is 2.50 bits per heavy atom. The van der Waals surface area contributed by atoms with Gasteiger partial charge in [-0.05, 0) is 12.3 Å². The number of ether oxygens (including phenoxy) is 2. The molecule has 0 saturated heterocycles. The Balaban J connectivity index is 3.00. The van der Waals surface area contributed by atoms with Crippen molar-refractivity contribution in [1.29, 1.82) is 0 Å². The molecular weight excluding hydrogens is 241 g/mol. The summed E-state index contributed by atoms with van der Waals surface area (Å²) >= 11 is 1.42. The van der Waals surface area contributed by atoms with Crippen molar-refractivity contribution in [3.05, 3.63) is 23.8 Å². The minimum absolute atomic E-state index is 0.207. The van der Waals surface area contributed by atoms with E-state index in [2.05, 4.69) is 4.74 Å². The van der Waals surface area contributed by atoms with Crippen LogP contribution < -0.4 is 9.47 Å². The molecule has 0 N–H and O–H groups in total. The summed E-state index contributed by atoms with van der Waals surface area (Å²) in [6.45, 7) is 0. The van der Waals surface area contributed by atoms with E-state index in [0.717, 1.165) is 0 Å². The Labute approximate surface area is 95.7 Å². The lowest BCUT2D eigenvalue weighted by Gasteiger charge is -2.13. The predicted molar refractivity (Wildman–Crippen MR) is 56.9 cm³/mol. The topological polar surface area (TPSA) is 18.5 Å². The fourth-order valence-electron chi connectivity index (χ4n) is 1.16. The van der Waals surface area contributed by atoms with Gasteiger partial charge in [-0.25, -0.2) is 0 Å². The zero-order chi connectivity index (χ0) is 12.2. The maximum Gasteiger partial charge on any atom is 0.573 e. The number of thioether (sulfide) groups is 1. The van der Waals surface area contributed by atoms with Crippen LogP contribution in [0.1, 0.15) is 5.56 Å². The molecule has 2 nitrogen and oxygen atoms in total. The van der Waals surface area contributed by atoms with Crippen LogP contribution in [-0.4, -0.2) is 19.7 Å². The zero-order valence-corrected chi connectivity index (χ0v) is 9.61. The number of rotatable bonds is 4. The maximum absolute atomic E-state index is 12.1. The highest BCUT2D eigenvalue weighted by atomic mass is 32.2. The smallest absolute Gasteiger partial charge is 0.497 e. The minimum Gasteiger partial charge on any atom is -0.497 e. The Morgan fingerprint density at radius 2 is 2.00 bits per heavy atom. The summed E-state index contributed by atoms with van der Waals surface area (Å²) in [5.41, 5.74) is 0.491. The molecule has 6 heteroatoms. The van der Waals surface area contributed by atoms with Crippen LogP contribution >= 0.6 is 11.8 Å². The molecule has 1 aromatic rings. The van der Waals surface area contributed by atoms with Crippen molar-refractivity contribution in [3.63, 3.8) is 0 Å². The summed E-state index contributed by atoms with van der Waals surface area (Å²) in [5, 5.41) is 0. The molecule has 0 heterocycles. The molecule has 90 valence electrons. The van der Waals surface area contributed by atoms with E-state index in [1.54, 1.807) is 12.1 Å². The van der Waals surface area contributed by atoms with E-state index in [4.69, 9.17) is 4.74 Å². The first-order valence-electron chi connectivity index (χ1n) is 4.38. The third-order valence-electron chi connectivity index (χ3n) is 1.80. The highest BCUT2D eigenvalue weighted by Gasteiger charge is 2.32. The molecule has 0 aromatic heterocycles. The predicted octanol–water partition coefficient (Wildman–Crippen LogP) is 3.46. The van der Waals surface area contributed by atoms with Crippen molar-refractivity contribution in [2.75, 3.05) is 13.4 Å². The SMILES string of the molecule is COc1ccc(CSC)c(OC(F)(F)F)c1. The van der Waals surface area contributed by atoms with Gasteiger partial charge in [0.25, 0.3) is 0 Å². The summed E-state index contributed by atoms with van der Waals surface area (Å²) in [6, 6.07) is 4.41. The first-order chi connectivity index (χ1) is 7.46. The van der Waals surface area contributed by atoms with Gasteiger partial charge in [0.1, 0.15) is 11.5 Å². The second-order valence-electron chi connectivity index (χ2n) is 2.95. The molecule has 0 radical (unpaired) electrons. The molecule has 0 atom stereocenters. The number of hydrogen-bond donors (Lipinski definition) is 0. The van der Waals surface area contributed by atoms with Crippen LogP contribution in [0.15, 0.2) is 18.2 Å². The summed E-state index contributed by atoms with van der Waals surface area (Å²) in [4.78, 5) is 0. The van der Waals surface area contributed by atoms with Gasteiger partial charge in [-0.3, -0.25) is 0 Å². The molecule has 1 aromatic carbocycles. The van der Waals surface area contributed by atoms with Crippen LogP contribution in [0.2, 0.25) is 0 Å². The monoisotopic (exact) mass is 252 g/mol. The molecule has 0 aliphatic rings. The average Bonchev–Trinajstić information content (AvgIpc) is 2.18. The molecule has 0 aliphatic heterocycles. The molecule has 0 bridgehead atoms.